The van der Waals surface area contributed by atoms with Crippen LogP contribution >= 0.6 is 0 Å². The Labute approximate surface area is 84.8 Å². The first-order valence-electron chi connectivity index (χ1n) is 5.06. The van der Waals surface area contributed by atoms with E-state index in [2.05, 4.69) is 5.32 Å². The highest BCUT2D eigenvalue weighted by atomic mass is 16.4. The van der Waals surface area contributed by atoms with E-state index in [9.17, 15) is 4.79 Å². The average molecular weight is 203 g/mol. The molecule has 0 saturated carbocycles. The molecule has 0 radical (unpaired) electrons. The van der Waals surface area contributed by atoms with E-state index in [0.717, 1.165) is 12.8 Å². The number of aliphatic carboxylic acids is 1. The van der Waals surface area contributed by atoms with Crippen molar-refractivity contribution in [2.45, 2.75) is 19.3 Å². The van der Waals surface area contributed by atoms with Crippen LogP contribution in [0.5, 0.6) is 0 Å². The smallest absolute Gasteiger partial charge is 0.307 e. The zero-order valence-electron chi connectivity index (χ0n) is 8.54. The molecule has 0 aromatic heterocycles. The maximum atomic E-state index is 10.8. The Bertz CT molecular complexity index is 143. The van der Waals surface area contributed by atoms with Gasteiger partial charge in [-0.2, -0.15) is 0 Å². The van der Waals surface area contributed by atoms with Gasteiger partial charge in [0.05, 0.1) is 5.92 Å². The molecule has 1 atom stereocenters. The van der Waals surface area contributed by atoms with E-state index in [0.29, 0.717) is 32.6 Å². The van der Waals surface area contributed by atoms with E-state index in [4.69, 9.17) is 16.6 Å². The monoisotopic (exact) mass is 203 g/mol. The van der Waals surface area contributed by atoms with Crippen molar-refractivity contribution in [2.24, 2.45) is 17.4 Å². The zero-order valence-corrected chi connectivity index (χ0v) is 8.54. The lowest BCUT2D eigenvalue weighted by molar-refractivity contribution is -0.141. The van der Waals surface area contributed by atoms with Crippen molar-refractivity contribution in [3.05, 3.63) is 0 Å². The number of carbonyl (C=O) groups is 1. The van der Waals surface area contributed by atoms with Crippen LogP contribution in [0.25, 0.3) is 0 Å². The molecule has 84 valence electrons. The van der Waals surface area contributed by atoms with Crippen LogP contribution in [0.15, 0.2) is 0 Å². The molecule has 0 heterocycles. The minimum atomic E-state index is -0.744. The molecule has 0 aliphatic heterocycles. The van der Waals surface area contributed by atoms with Crippen LogP contribution in [0, 0.1) is 5.92 Å². The van der Waals surface area contributed by atoms with Crippen molar-refractivity contribution in [3.63, 3.8) is 0 Å². The molecule has 0 amide bonds. The normalized spacial score (nSPS) is 12.7. The first kappa shape index (κ1) is 13.4. The number of carboxylic acid groups (broad SMARTS) is 1. The Morgan fingerprint density at radius 2 is 2.00 bits per heavy atom. The van der Waals surface area contributed by atoms with Gasteiger partial charge in [0.25, 0.3) is 0 Å². The van der Waals surface area contributed by atoms with Crippen molar-refractivity contribution in [1.29, 1.82) is 0 Å². The second-order valence-corrected chi connectivity index (χ2v) is 3.31. The van der Waals surface area contributed by atoms with Gasteiger partial charge in [-0.25, -0.2) is 0 Å². The Morgan fingerprint density at radius 3 is 2.50 bits per heavy atom. The zero-order chi connectivity index (χ0) is 10.8. The number of rotatable bonds is 9. The second kappa shape index (κ2) is 8.93. The SMILES string of the molecule is NCCCCC(CNCCN)C(=O)O. The summed E-state index contributed by atoms with van der Waals surface area (Å²) >= 11 is 0. The minimum Gasteiger partial charge on any atom is -0.481 e. The third kappa shape index (κ3) is 6.82. The van der Waals surface area contributed by atoms with Gasteiger partial charge in [0.2, 0.25) is 0 Å². The van der Waals surface area contributed by atoms with Gasteiger partial charge in [0.1, 0.15) is 0 Å². The summed E-state index contributed by atoms with van der Waals surface area (Å²) in [5.74, 6) is -1.06. The molecule has 14 heavy (non-hydrogen) atoms. The standard InChI is InChI=1S/C9H21N3O2/c10-4-2-1-3-8(9(13)14)7-12-6-5-11/h8,12H,1-7,10-11H2,(H,13,14). The summed E-state index contributed by atoms with van der Waals surface area (Å²) in [6.07, 6.45) is 2.45. The first-order valence-corrected chi connectivity index (χ1v) is 5.06. The minimum absolute atomic E-state index is 0.312. The van der Waals surface area contributed by atoms with Gasteiger partial charge in [-0.05, 0) is 19.4 Å². The van der Waals surface area contributed by atoms with Gasteiger partial charge >= 0.3 is 5.97 Å². The van der Waals surface area contributed by atoms with Crippen molar-refractivity contribution in [2.75, 3.05) is 26.2 Å². The highest BCUT2D eigenvalue weighted by molar-refractivity contribution is 5.70. The molecular formula is C9H21N3O2. The highest BCUT2D eigenvalue weighted by Gasteiger charge is 2.15. The fourth-order valence-electron chi connectivity index (χ4n) is 1.23. The van der Waals surface area contributed by atoms with Crippen LogP contribution in [0.2, 0.25) is 0 Å². The summed E-state index contributed by atoms with van der Waals surface area (Å²) < 4.78 is 0. The third-order valence-electron chi connectivity index (χ3n) is 2.07. The van der Waals surface area contributed by atoms with Crippen LogP contribution in [0.3, 0.4) is 0 Å². The summed E-state index contributed by atoms with van der Waals surface area (Å²) in [5, 5.41) is 11.9. The first-order chi connectivity index (χ1) is 6.72. The molecule has 0 aliphatic rings. The molecule has 0 saturated heterocycles. The predicted molar refractivity (Wildman–Crippen MR) is 56.0 cm³/mol. The predicted octanol–water partition coefficient (Wildman–Crippen LogP) is -0.635. The van der Waals surface area contributed by atoms with E-state index in [1.807, 2.05) is 0 Å². The number of carboxylic acids is 1. The van der Waals surface area contributed by atoms with E-state index >= 15 is 0 Å². The molecule has 5 nitrogen and oxygen atoms in total. The summed E-state index contributed by atoms with van der Waals surface area (Å²) in [7, 11) is 0. The maximum Gasteiger partial charge on any atom is 0.307 e. The topological polar surface area (TPSA) is 101 Å². The van der Waals surface area contributed by atoms with Crippen LogP contribution in [-0.4, -0.2) is 37.3 Å². The van der Waals surface area contributed by atoms with Gasteiger partial charge in [-0.3, -0.25) is 4.79 Å². The molecule has 6 N–H and O–H groups in total. The fourth-order valence-corrected chi connectivity index (χ4v) is 1.23. The number of hydrogen-bond acceptors (Lipinski definition) is 4. The number of unbranched alkanes of at least 4 members (excludes halogenated alkanes) is 1. The molecular weight excluding hydrogens is 182 g/mol. The average Bonchev–Trinajstić information content (AvgIpc) is 2.15. The molecule has 1 unspecified atom stereocenters. The Kier molecular flexibility index (Phi) is 8.51. The highest BCUT2D eigenvalue weighted by Crippen LogP contribution is 2.07. The van der Waals surface area contributed by atoms with Crippen LogP contribution < -0.4 is 16.8 Å². The molecule has 0 aromatic rings. The quantitative estimate of drug-likeness (QED) is 0.374. The lowest BCUT2D eigenvalue weighted by atomic mass is 10.0. The lowest BCUT2D eigenvalue weighted by Crippen LogP contribution is -2.31. The van der Waals surface area contributed by atoms with E-state index in [-0.39, 0.29) is 5.92 Å². The van der Waals surface area contributed by atoms with Gasteiger partial charge < -0.3 is 21.9 Å². The van der Waals surface area contributed by atoms with Crippen LogP contribution in [-0.2, 0) is 4.79 Å². The summed E-state index contributed by atoms with van der Waals surface area (Å²) in [6.45, 7) is 2.33. The largest absolute Gasteiger partial charge is 0.481 e. The third-order valence-corrected chi connectivity index (χ3v) is 2.07. The van der Waals surface area contributed by atoms with Gasteiger partial charge in [-0.15, -0.1) is 0 Å². The lowest BCUT2D eigenvalue weighted by Gasteiger charge is -2.12. The van der Waals surface area contributed by atoms with E-state index in [1.54, 1.807) is 0 Å². The summed E-state index contributed by atoms with van der Waals surface area (Å²) in [4.78, 5) is 10.8. The summed E-state index contributed by atoms with van der Waals surface area (Å²) in [5.41, 5.74) is 10.6. The molecule has 5 heteroatoms. The van der Waals surface area contributed by atoms with Crippen LogP contribution in [0.4, 0.5) is 0 Å². The van der Waals surface area contributed by atoms with E-state index in [1.165, 1.54) is 0 Å². The van der Waals surface area contributed by atoms with Crippen molar-refractivity contribution in [1.82, 2.24) is 5.32 Å². The van der Waals surface area contributed by atoms with Crippen molar-refractivity contribution < 1.29 is 9.90 Å². The Balaban J connectivity index is 3.61. The maximum absolute atomic E-state index is 10.8. The molecule has 0 aliphatic carbocycles. The number of nitrogens with one attached hydrogen (secondary N) is 1. The van der Waals surface area contributed by atoms with Crippen LogP contribution in [0.1, 0.15) is 19.3 Å². The van der Waals surface area contributed by atoms with Gasteiger partial charge in [0.15, 0.2) is 0 Å². The number of nitrogens with two attached hydrogens (primary N) is 2. The van der Waals surface area contributed by atoms with Crippen molar-refractivity contribution >= 4 is 5.97 Å². The second-order valence-electron chi connectivity index (χ2n) is 3.31. The number of hydrogen-bond donors (Lipinski definition) is 4. The van der Waals surface area contributed by atoms with Gasteiger partial charge in [0, 0.05) is 19.6 Å². The Hall–Kier alpha value is -0.650. The van der Waals surface area contributed by atoms with Gasteiger partial charge in [-0.1, -0.05) is 6.42 Å². The van der Waals surface area contributed by atoms with E-state index < -0.39 is 5.97 Å². The summed E-state index contributed by atoms with van der Waals surface area (Å²) in [6, 6.07) is 0. The molecule has 0 fully saturated rings. The fraction of sp³-hybridized carbons (Fsp3) is 0.889. The molecule has 0 rings (SSSR count). The Morgan fingerprint density at radius 1 is 1.29 bits per heavy atom. The molecule has 0 spiro atoms. The van der Waals surface area contributed by atoms with Crippen molar-refractivity contribution in [3.8, 4) is 0 Å². The molecule has 0 bridgehead atoms. The molecule has 0 aromatic carbocycles.